The summed E-state index contributed by atoms with van der Waals surface area (Å²) in [6.45, 7) is 3.46. The van der Waals surface area contributed by atoms with Crippen LogP contribution in [0, 0.1) is 6.92 Å². The number of ether oxygens (including phenoxy) is 2. The van der Waals surface area contributed by atoms with Crippen molar-refractivity contribution >= 4 is 21.6 Å². The zero-order valence-electron chi connectivity index (χ0n) is 18.3. The molecular formula is C23H26ClN3O4S. The van der Waals surface area contributed by atoms with E-state index in [-0.39, 0.29) is 16.5 Å². The molecule has 0 bridgehead atoms. The molecule has 0 amide bonds. The van der Waals surface area contributed by atoms with Crippen molar-refractivity contribution in [1.29, 1.82) is 0 Å². The Bertz CT molecular complexity index is 1220. The fourth-order valence-electron chi connectivity index (χ4n) is 3.87. The van der Waals surface area contributed by atoms with Gasteiger partial charge in [0.05, 0.1) is 35.9 Å². The molecule has 32 heavy (non-hydrogen) atoms. The maximum atomic E-state index is 13.3. The summed E-state index contributed by atoms with van der Waals surface area (Å²) in [5.41, 5.74) is 5.00. The first kappa shape index (κ1) is 22.8. The molecule has 0 N–H and O–H groups in total. The molecule has 0 fully saturated rings. The number of sulfonamides is 1. The van der Waals surface area contributed by atoms with E-state index in [9.17, 15) is 8.42 Å². The van der Waals surface area contributed by atoms with Crippen LogP contribution < -0.4 is 4.74 Å². The van der Waals surface area contributed by atoms with Crippen molar-refractivity contribution in [3.8, 4) is 5.75 Å². The first-order chi connectivity index (χ1) is 15.3. The van der Waals surface area contributed by atoms with E-state index < -0.39 is 10.0 Å². The summed E-state index contributed by atoms with van der Waals surface area (Å²) < 4.78 is 40.9. The van der Waals surface area contributed by atoms with Crippen molar-refractivity contribution in [2.45, 2.75) is 38.0 Å². The molecule has 0 atom stereocenters. The average molecular weight is 476 g/mol. The Labute approximate surface area is 193 Å². The zero-order chi connectivity index (χ0) is 22.9. The molecule has 1 aliphatic rings. The van der Waals surface area contributed by atoms with Gasteiger partial charge >= 0.3 is 0 Å². The molecule has 0 saturated carbocycles. The summed E-state index contributed by atoms with van der Waals surface area (Å²) in [5, 5.41) is 4.86. The topological polar surface area (TPSA) is 73.7 Å². The van der Waals surface area contributed by atoms with Crippen LogP contribution in [-0.2, 0) is 48.0 Å². The summed E-state index contributed by atoms with van der Waals surface area (Å²) in [6, 6.07) is 12.7. The molecule has 4 rings (SSSR count). The minimum atomic E-state index is -3.71. The summed E-state index contributed by atoms with van der Waals surface area (Å²) in [5.74, 6) is 0.437. The van der Waals surface area contributed by atoms with Gasteiger partial charge in [0.1, 0.15) is 5.75 Å². The SMILES string of the molecule is COc1ccc(S(=O)(=O)N2CCc3c(c(COCc4ccc(C)cc4)nn3C)C2)cc1Cl. The van der Waals surface area contributed by atoms with Crippen LogP contribution in [0.1, 0.15) is 28.1 Å². The Balaban J connectivity index is 1.51. The molecule has 0 unspecified atom stereocenters. The number of aryl methyl sites for hydroxylation is 2. The van der Waals surface area contributed by atoms with E-state index in [0.29, 0.717) is 31.9 Å². The van der Waals surface area contributed by atoms with Crippen LogP contribution in [0.4, 0.5) is 0 Å². The quantitative estimate of drug-likeness (QED) is 0.519. The molecule has 0 aliphatic carbocycles. The molecule has 170 valence electrons. The number of nitrogens with zero attached hydrogens (tertiary/aromatic N) is 3. The Morgan fingerprint density at radius 1 is 1.12 bits per heavy atom. The number of halogens is 1. The van der Waals surface area contributed by atoms with Crippen LogP contribution in [0.3, 0.4) is 0 Å². The van der Waals surface area contributed by atoms with E-state index in [2.05, 4.69) is 17.2 Å². The van der Waals surface area contributed by atoms with Gasteiger partial charge < -0.3 is 9.47 Å². The Morgan fingerprint density at radius 2 is 1.88 bits per heavy atom. The summed E-state index contributed by atoms with van der Waals surface area (Å²) in [7, 11) is -0.335. The van der Waals surface area contributed by atoms with Crippen molar-refractivity contribution in [3.05, 3.63) is 75.6 Å². The number of fused-ring (bicyclic) bond motifs is 1. The van der Waals surface area contributed by atoms with Gasteiger partial charge in [-0.3, -0.25) is 4.68 Å². The van der Waals surface area contributed by atoms with E-state index in [1.165, 1.54) is 29.1 Å². The predicted molar refractivity (Wildman–Crippen MR) is 122 cm³/mol. The molecule has 3 aromatic rings. The second kappa shape index (κ2) is 9.23. The lowest BCUT2D eigenvalue weighted by atomic mass is 10.1. The number of rotatable bonds is 7. The molecule has 1 aromatic heterocycles. The highest BCUT2D eigenvalue weighted by Gasteiger charge is 2.32. The maximum absolute atomic E-state index is 13.3. The molecule has 0 spiro atoms. The minimum Gasteiger partial charge on any atom is -0.495 e. The number of hydrogen-bond acceptors (Lipinski definition) is 5. The smallest absolute Gasteiger partial charge is 0.243 e. The average Bonchev–Trinajstić information content (AvgIpc) is 3.10. The minimum absolute atomic E-state index is 0.146. The van der Waals surface area contributed by atoms with E-state index in [0.717, 1.165) is 22.5 Å². The van der Waals surface area contributed by atoms with Gasteiger partial charge in [-0.15, -0.1) is 0 Å². The summed E-state index contributed by atoms with van der Waals surface area (Å²) in [4.78, 5) is 0.146. The van der Waals surface area contributed by atoms with E-state index in [1.54, 1.807) is 6.07 Å². The molecular weight excluding hydrogens is 450 g/mol. The largest absolute Gasteiger partial charge is 0.495 e. The third kappa shape index (κ3) is 4.54. The number of methoxy groups -OCH3 is 1. The van der Waals surface area contributed by atoms with Gasteiger partial charge in [-0.25, -0.2) is 8.42 Å². The summed E-state index contributed by atoms with van der Waals surface area (Å²) >= 11 is 6.16. The normalized spacial score (nSPS) is 14.4. The molecule has 2 aromatic carbocycles. The van der Waals surface area contributed by atoms with Gasteiger partial charge in [-0.05, 0) is 30.7 Å². The van der Waals surface area contributed by atoms with Crippen LogP contribution in [-0.4, -0.2) is 36.2 Å². The number of benzene rings is 2. The lowest BCUT2D eigenvalue weighted by molar-refractivity contribution is 0.103. The van der Waals surface area contributed by atoms with Crippen LogP contribution in [0.2, 0.25) is 5.02 Å². The molecule has 0 saturated heterocycles. The highest BCUT2D eigenvalue weighted by Crippen LogP contribution is 2.31. The second-order valence-electron chi connectivity index (χ2n) is 7.86. The van der Waals surface area contributed by atoms with Crippen LogP contribution >= 0.6 is 11.6 Å². The van der Waals surface area contributed by atoms with Crippen molar-refractivity contribution in [2.75, 3.05) is 13.7 Å². The van der Waals surface area contributed by atoms with Gasteiger partial charge in [0.25, 0.3) is 0 Å². The van der Waals surface area contributed by atoms with E-state index >= 15 is 0 Å². The van der Waals surface area contributed by atoms with E-state index in [4.69, 9.17) is 21.1 Å². The standard InChI is InChI=1S/C23H26ClN3O4S/c1-16-4-6-17(7-5-16)14-31-15-21-19-13-27(11-10-22(19)26(2)25-21)32(28,29)18-8-9-23(30-3)20(24)12-18/h4-9,12H,10-11,13-15H2,1-3H3. The Morgan fingerprint density at radius 3 is 2.56 bits per heavy atom. The van der Waals surface area contributed by atoms with Crippen LogP contribution in [0.5, 0.6) is 5.75 Å². The van der Waals surface area contributed by atoms with Gasteiger partial charge in [-0.1, -0.05) is 41.4 Å². The van der Waals surface area contributed by atoms with Crippen molar-refractivity contribution in [1.82, 2.24) is 14.1 Å². The predicted octanol–water partition coefficient (Wildman–Crippen LogP) is 3.85. The van der Waals surface area contributed by atoms with Crippen LogP contribution in [0.25, 0.3) is 0 Å². The molecule has 9 heteroatoms. The van der Waals surface area contributed by atoms with Crippen molar-refractivity contribution in [2.24, 2.45) is 7.05 Å². The molecule has 0 radical (unpaired) electrons. The lowest BCUT2D eigenvalue weighted by Gasteiger charge is -2.27. The highest BCUT2D eigenvalue weighted by atomic mass is 35.5. The Hall–Kier alpha value is -2.39. The number of hydrogen-bond donors (Lipinski definition) is 0. The molecule has 2 heterocycles. The fraction of sp³-hybridized carbons (Fsp3) is 0.348. The van der Waals surface area contributed by atoms with Gasteiger partial charge in [0.15, 0.2) is 0 Å². The lowest BCUT2D eigenvalue weighted by Crippen LogP contribution is -2.36. The fourth-order valence-corrected chi connectivity index (χ4v) is 5.63. The third-order valence-electron chi connectivity index (χ3n) is 5.68. The van der Waals surface area contributed by atoms with Crippen molar-refractivity contribution in [3.63, 3.8) is 0 Å². The van der Waals surface area contributed by atoms with Gasteiger partial charge in [0.2, 0.25) is 10.0 Å². The highest BCUT2D eigenvalue weighted by molar-refractivity contribution is 7.89. The molecule has 1 aliphatic heterocycles. The maximum Gasteiger partial charge on any atom is 0.243 e. The van der Waals surface area contributed by atoms with Crippen molar-refractivity contribution < 1.29 is 17.9 Å². The second-order valence-corrected chi connectivity index (χ2v) is 10.2. The van der Waals surface area contributed by atoms with Crippen LogP contribution in [0.15, 0.2) is 47.4 Å². The zero-order valence-corrected chi connectivity index (χ0v) is 19.9. The Kier molecular flexibility index (Phi) is 6.57. The summed E-state index contributed by atoms with van der Waals surface area (Å²) in [6.07, 6.45) is 0.583. The number of aromatic nitrogens is 2. The van der Waals surface area contributed by atoms with Gasteiger partial charge in [-0.2, -0.15) is 9.40 Å². The third-order valence-corrected chi connectivity index (χ3v) is 7.82. The molecule has 7 nitrogen and oxygen atoms in total. The monoisotopic (exact) mass is 475 g/mol. The first-order valence-corrected chi connectivity index (χ1v) is 12.1. The van der Waals surface area contributed by atoms with Gasteiger partial charge in [0, 0.05) is 37.8 Å². The first-order valence-electron chi connectivity index (χ1n) is 10.3. The van der Waals surface area contributed by atoms with E-state index in [1.807, 2.05) is 30.8 Å².